The fourth-order valence-corrected chi connectivity index (χ4v) is 1.79. The highest BCUT2D eigenvalue weighted by molar-refractivity contribution is 7.04. The molecule has 0 radical (unpaired) electrons. The molecule has 0 spiro atoms. The van der Waals surface area contributed by atoms with Crippen LogP contribution in [0.2, 0.25) is 0 Å². The Morgan fingerprint density at radius 3 is 2.76 bits per heavy atom. The Labute approximate surface area is 106 Å². The second-order valence-corrected chi connectivity index (χ2v) is 4.50. The van der Waals surface area contributed by atoms with Crippen LogP contribution in [0.1, 0.15) is 24.6 Å². The number of H-pyrrole nitrogens is 1. The fraction of sp³-hybridized carbons (Fsp3) is 0.308. The minimum absolute atomic E-state index is 0.943. The monoisotopic (exact) mass is 245 g/mol. The Bertz CT molecular complexity index is 504. The van der Waals surface area contributed by atoms with Crippen molar-refractivity contribution in [2.45, 2.75) is 13.3 Å². The molecule has 0 fully saturated rings. The molecular formula is C13H15N3S. The van der Waals surface area contributed by atoms with Crippen molar-refractivity contribution >= 4 is 17.4 Å². The van der Waals surface area contributed by atoms with Crippen LogP contribution in [0.3, 0.4) is 0 Å². The van der Waals surface area contributed by atoms with Gasteiger partial charge in [0.2, 0.25) is 0 Å². The highest BCUT2D eigenvalue weighted by atomic mass is 32.1. The van der Waals surface area contributed by atoms with E-state index < -0.39 is 0 Å². The van der Waals surface area contributed by atoms with Crippen molar-refractivity contribution in [2.24, 2.45) is 0 Å². The lowest BCUT2D eigenvalue weighted by atomic mass is 10.2. The van der Waals surface area contributed by atoms with Gasteiger partial charge in [0.15, 0.2) is 0 Å². The number of anilines is 1. The SMILES string of the molecule is CCCN(C)c1ccc(C#Cc2cs[nH]2)cn1. The molecule has 1 N–H and O–H groups in total. The predicted molar refractivity (Wildman–Crippen MR) is 72.4 cm³/mol. The van der Waals surface area contributed by atoms with E-state index in [4.69, 9.17) is 0 Å². The zero-order valence-electron chi connectivity index (χ0n) is 10.0. The van der Waals surface area contributed by atoms with Gasteiger partial charge in [-0.2, -0.15) is 0 Å². The Kier molecular flexibility index (Phi) is 3.84. The molecule has 88 valence electrons. The van der Waals surface area contributed by atoms with Gasteiger partial charge in [0.1, 0.15) is 11.5 Å². The number of aromatic nitrogens is 2. The topological polar surface area (TPSA) is 31.9 Å². The van der Waals surface area contributed by atoms with Crippen molar-refractivity contribution < 1.29 is 0 Å². The Morgan fingerprint density at radius 2 is 2.24 bits per heavy atom. The summed E-state index contributed by atoms with van der Waals surface area (Å²) in [4.78, 5) is 6.54. The van der Waals surface area contributed by atoms with Crippen LogP contribution in [0.25, 0.3) is 0 Å². The van der Waals surface area contributed by atoms with Gasteiger partial charge in [-0.25, -0.2) is 4.98 Å². The van der Waals surface area contributed by atoms with Gasteiger partial charge in [-0.3, -0.25) is 0 Å². The van der Waals surface area contributed by atoms with E-state index in [0.717, 1.165) is 30.0 Å². The van der Waals surface area contributed by atoms with Crippen LogP contribution in [-0.2, 0) is 0 Å². The van der Waals surface area contributed by atoms with Crippen molar-refractivity contribution in [3.63, 3.8) is 0 Å². The molecule has 0 bridgehead atoms. The number of pyridine rings is 1. The number of rotatable bonds is 3. The number of hydrogen-bond donors (Lipinski definition) is 1. The van der Waals surface area contributed by atoms with E-state index in [1.54, 1.807) is 11.5 Å². The van der Waals surface area contributed by atoms with E-state index in [9.17, 15) is 0 Å². The molecule has 4 heteroatoms. The highest BCUT2D eigenvalue weighted by Crippen LogP contribution is 2.09. The van der Waals surface area contributed by atoms with Crippen molar-refractivity contribution in [1.82, 2.24) is 9.36 Å². The number of aromatic amines is 1. The summed E-state index contributed by atoms with van der Waals surface area (Å²) in [5.74, 6) is 7.10. The van der Waals surface area contributed by atoms with Crippen molar-refractivity contribution in [3.05, 3.63) is 35.0 Å². The first-order valence-electron chi connectivity index (χ1n) is 5.60. The third-order valence-electron chi connectivity index (χ3n) is 2.39. The Morgan fingerprint density at radius 1 is 1.41 bits per heavy atom. The Hall–Kier alpha value is -1.73. The quantitative estimate of drug-likeness (QED) is 0.843. The first kappa shape index (κ1) is 11.7. The summed E-state index contributed by atoms with van der Waals surface area (Å²) in [5.41, 5.74) is 1.92. The van der Waals surface area contributed by atoms with Crippen molar-refractivity contribution in [2.75, 3.05) is 18.5 Å². The van der Waals surface area contributed by atoms with Crippen LogP contribution in [-0.4, -0.2) is 22.9 Å². The molecule has 0 saturated carbocycles. The maximum absolute atomic E-state index is 4.40. The van der Waals surface area contributed by atoms with E-state index >= 15 is 0 Å². The average Bonchev–Trinajstić information content (AvgIpc) is 2.28. The molecule has 0 atom stereocenters. The lowest BCUT2D eigenvalue weighted by Crippen LogP contribution is -2.18. The Balaban J connectivity index is 2.05. The predicted octanol–water partition coefficient (Wildman–Crippen LogP) is 2.72. The molecule has 0 saturated heterocycles. The number of hydrogen-bond acceptors (Lipinski definition) is 3. The molecule has 0 amide bonds. The first-order valence-corrected chi connectivity index (χ1v) is 6.48. The van der Waals surface area contributed by atoms with Gasteiger partial charge < -0.3 is 9.27 Å². The van der Waals surface area contributed by atoms with E-state index in [1.165, 1.54) is 0 Å². The van der Waals surface area contributed by atoms with Gasteiger partial charge in [-0.15, -0.1) is 0 Å². The van der Waals surface area contributed by atoms with Crippen LogP contribution in [0.15, 0.2) is 23.7 Å². The summed E-state index contributed by atoms with van der Waals surface area (Å²) in [7, 11) is 2.05. The summed E-state index contributed by atoms with van der Waals surface area (Å²) >= 11 is 1.56. The zero-order chi connectivity index (χ0) is 12.1. The minimum atomic E-state index is 0.943. The van der Waals surface area contributed by atoms with Crippen LogP contribution in [0.4, 0.5) is 5.82 Å². The highest BCUT2D eigenvalue weighted by Gasteiger charge is 1.99. The molecule has 17 heavy (non-hydrogen) atoms. The molecule has 0 aromatic carbocycles. The molecule has 0 aliphatic rings. The molecular weight excluding hydrogens is 230 g/mol. The summed E-state index contributed by atoms with van der Waals surface area (Å²) in [6, 6.07) is 4.02. The summed E-state index contributed by atoms with van der Waals surface area (Å²) in [5, 5.41) is 1.99. The normalized spacial score (nSPS) is 9.76. The molecule has 2 heterocycles. The van der Waals surface area contributed by atoms with Gasteiger partial charge in [0.05, 0.1) is 0 Å². The van der Waals surface area contributed by atoms with Crippen LogP contribution in [0.5, 0.6) is 0 Å². The van der Waals surface area contributed by atoms with Crippen molar-refractivity contribution in [3.8, 4) is 11.8 Å². The van der Waals surface area contributed by atoms with Gasteiger partial charge >= 0.3 is 0 Å². The van der Waals surface area contributed by atoms with Crippen LogP contribution < -0.4 is 4.90 Å². The number of nitrogens with zero attached hydrogens (tertiary/aromatic N) is 2. The van der Waals surface area contributed by atoms with Crippen molar-refractivity contribution in [1.29, 1.82) is 0 Å². The standard InChI is InChI=1S/C13H15N3S/c1-3-8-16(2)13-7-5-11(9-14-13)4-6-12-10-17-15-12/h5,7,9-10,15H,3,8H2,1-2H3. The maximum Gasteiger partial charge on any atom is 0.128 e. The van der Waals surface area contributed by atoms with Gasteiger partial charge in [-0.1, -0.05) is 24.4 Å². The first-order chi connectivity index (χ1) is 8.29. The second kappa shape index (κ2) is 5.55. The van der Waals surface area contributed by atoms with E-state index in [0.29, 0.717) is 0 Å². The molecule has 2 aromatic heterocycles. The molecule has 0 aliphatic carbocycles. The number of nitrogens with one attached hydrogen (secondary N) is 1. The summed E-state index contributed by atoms with van der Waals surface area (Å²) in [6.45, 7) is 3.18. The van der Waals surface area contributed by atoms with E-state index in [-0.39, 0.29) is 0 Å². The minimum Gasteiger partial charge on any atom is -0.360 e. The van der Waals surface area contributed by atoms with Gasteiger partial charge in [0, 0.05) is 30.7 Å². The third-order valence-corrected chi connectivity index (χ3v) is 3.08. The molecule has 2 rings (SSSR count). The second-order valence-electron chi connectivity index (χ2n) is 3.83. The van der Waals surface area contributed by atoms with Gasteiger partial charge in [-0.05, 0) is 24.5 Å². The smallest absolute Gasteiger partial charge is 0.128 e. The third kappa shape index (κ3) is 3.11. The molecule has 0 aliphatic heterocycles. The summed E-state index contributed by atoms with van der Waals surface area (Å²) < 4.78 is 3.04. The van der Waals surface area contributed by atoms with Crippen LogP contribution in [0, 0.1) is 11.8 Å². The fourth-order valence-electron chi connectivity index (χ4n) is 1.45. The lowest BCUT2D eigenvalue weighted by molar-refractivity contribution is 0.837. The largest absolute Gasteiger partial charge is 0.360 e. The van der Waals surface area contributed by atoms with E-state index in [2.05, 4.69) is 40.1 Å². The van der Waals surface area contributed by atoms with Gasteiger partial charge in [0.25, 0.3) is 0 Å². The molecule has 0 unspecified atom stereocenters. The maximum atomic E-state index is 4.40. The average molecular weight is 245 g/mol. The molecule has 2 aromatic rings. The zero-order valence-corrected chi connectivity index (χ0v) is 10.8. The molecule has 3 nitrogen and oxygen atoms in total. The summed E-state index contributed by atoms with van der Waals surface area (Å²) in [6.07, 6.45) is 2.94. The lowest BCUT2D eigenvalue weighted by Gasteiger charge is -2.16. The van der Waals surface area contributed by atoms with Crippen LogP contribution >= 0.6 is 11.5 Å². The van der Waals surface area contributed by atoms with E-state index in [1.807, 2.05) is 23.7 Å².